The number of benzene rings is 1. The zero-order valence-corrected chi connectivity index (χ0v) is 13.9. The highest BCUT2D eigenvalue weighted by atomic mass is 16.3. The number of nitrogens with zero attached hydrogens (tertiary/aromatic N) is 1. The van der Waals surface area contributed by atoms with Crippen molar-refractivity contribution in [3.63, 3.8) is 0 Å². The van der Waals surface area contributed by atoms with Crippen LogP contribution in [0.25, 0.3) is 0 Å². The summed E-state index contributed by atoms with van der Waals surface area (Å²) in [6, 6.07) is 10.9. The summed E-state index contributed by atoms with van der Waals surface area (Å²) in [7, 11) is 0. The van der Waals surface area contributed by atoms with Crippen LogP contribution in [0.3, 0.4) is 0 Å². The van der Waals surface area contributed by atoms with E-state index in [1.54, 1.807) is 0 Å². The van der Waals surface area contributed by atoms with Crippen molar-refractivity contribution in [1.29, 1.82) is 0 Å². The second kappa shape index (κ2) is 8.25. The lowest BCUT2D eigenvalue weighted by Crippen LogP contribution is -2.50. The van der Waals surface area contributed by atoms with E-state index < -0.39 is 0 Å². The highest BCUT2D eigenvalue weighted by molar-refractivity contribution is 5.14. The predicted molar refractivity (Wildman–Crippen MR) is 92.1 cm³/mol. The van der Waals surface area contributed by atoms with E-state index in [0.717, 1.165) is 39.0 Å². The molecule has 1 saturated heterocycles. The first kappa shape index (κ1) is 16.9. The van der Waals surface area contributed by atoms with Gasteiger partial charge in [-0.25, -0.2) is 0 Å². The number of piperidine rings is 1. The van der Waals surface area contributed by atoms with E-state index in [4.69, 9.17) is 0 Å². The van der Waals surface area contributed by atoms with E-state index in [1.165, 1.54) is 18.4 Å². The Morgan fingerprint density at radius 2 is 1.96 bits per heavy atom. The van der Waals surface area contributed by atoms with E-state index in [2.05, 4.69) is 34.5 Å². The number of β-amino-alcohol motifs (C(OH)–C–C–N with tert-alkyl or cyclic N) is 1. The Labute approximate surface area is 139 Å². The summed E-state index contributed by atoms with van der Waals surface area (Å²) >= 11 is 0. The summed E-state index contributed by atoms with van der Waals surface area (Å²) in [5.74, 6) is 1.08. The van der Waals surface area contributed by atoms with Crippen LogP contribution in [0.1, 0.15) is 31.2 Å². The van der Waals surface area contributed by atoms with Crippen molar-refractivity contribution in [2.24, 2.45) is 11.8 Å². The molecule has 2 aliphatic rings. The molecule has 0 radical (unpaired) electrons. The first-order valence-electron chi connectivity index (χ1n) is 9.03. The normalized spacial score (nSPS) is 27.0. The van der Waals surface area contributed by atoms with Crippen LogP contribution in [0.5, 0.6) is 0 Å². The van der Waals surface area contributed by atoms with Gasteiger partial charge in [0.2, 0.25) is 0 Å². The summed E-state index contributed by atoms with van der Waals surface area (Å²) < 4.78 is 0. The second-order valence-corrected chi connectivity index (χ2v) is 7.29. The third kappa shape index (κ3) is 5.28. The number of likely N-dealkylation sites (tertiary alicyclic amines) is 1. The van der Waals surface area contributed by atoms with Crippen LogP contribution in [0.2, 0.25) is 0 Å². The molecular weight excluding hydrogens is 288 g/mol. The standard InChI is InChI=1S/C19H30N2O2/c22-9-8-21-13-16(11-19(23)17-6-7-17)10-18(14-21)20-12-15-4-2-1-3-5-15/h1-5,16-20,22-23H,6-14H2. The average molecular weight is 318 g/mol. The zero-order valence-electron chi connectivity index (χ0n) is 13.9. The van der Waals surface area contributed by atoms with Gasteiger partial charge < -0.3 is 15.5 Å². The molecule has 1 heterocycles. The van der Waals surface area contributed by atoms with Gasteiger partial charge in [0.1, 0.15) is 0 Å². The lowest BCUT2D eigenvalue weighted by Gasteiger charge is -2.38. The molecule has 1 aromatic carbocycles. The van der Waals surface area contributed by atoms with Gasteiger partial charge in [0.25, 0.3) is 0 Å². The van der Waals surface area contributed by atoms with Gasteiger partial charge in [-0.1, -0.05) is 30.3 Å². The van der Waals surface area contributed by atoms with Gasteiger partial charge in [-0.05, 0) is 43.1 Å². The first-order chi connectivity index (χ1) is 11.2. The quantitative estimate of drug-likeness (QED) is 0.682. The van der Waals surface area contributed by atoms with E-state index in [9.17, 15) is 10.2 Å². The van der Waals surface area contributed by atoms with Crippen LogP contribution >= 0.6 is 0 Å². The molecule has 3 rings (SSSR count). The third-order valence-electron chi connectivity index (χ3n) is 5.21. The molecule has 0 spiro atoms. The molecule has 4 nitrogen and oxygen atoms in total. The second-order valence-electron chi connectivity index (χ2n) is 7.29. The van der Waals surface area contributed by atoms with Crippen LogP contribution in [-0.2, 0) is 6.54 Å². The molecule has 0 bridgehead atoms. The Morgan fingerprint density at radius 3 is 2.65 bits per heavy atom. The van der Waals surface area contributed by atoms with Gasteiger partial charge >= 0.3 is 0 Å². The predicted octanol–water partition coefficient (Wildman–Crippen LogP) is 1.62. The molecule has 3 N–H and O–H groups in total. The molecule has 128 valence electrons. The van der Waals surface area contributed by atoms with Gasteiger partial charge in [0.15, 0.2) is 0 Å². The van der Waals surface area contributed by atoms with Gasteiger partial charge in [0, 0.05) is 32.2 Å². The van der Waals surface area contributed by atoms with Crippen LogP contribution < -0.4 is 5.32 Å². The number of hydrogen-bond acceptors (Lipinski definition) is 4. The highest BCUT2D eigenvalue weighted by Gasteiger charge is 2.34. The van der Waals surface area contributed by atoms with Crippen LogP contribution in [0.15, 0.2) is 30.3 Å². The van der Waals surface area contributed by atoms with Crippen molar-refractivity contribution in [1.82, 2.24) is 10.2 Å². The third-order valence-corrected chi connectivity index (χ3v) is 5.21. The van der Waals surface area contributed by atoms with Crippen molar-refractivity contribution in [2.75, 3.05) is 26.2 Å². The van der Waals surface area contributed by atoms with Gasteiger partial charge in [-0.15, -0.1) is 0 Å². The van der Waals surface area contributed by atoms with Gasteiger partial charge in [0.05, 0.1) is 12.7 Å². The number of aliphatic hydroxyl groups is 2. The number of nitrogens with one attached hydrogen (secondary N) is 1. The molecule has 1 aliphatic carbocycles. The summed E-state index contributed by atoms with van der Waals surface area (Å²) in [4.78, 5) is 2.34. The van der Waals surface area contributed by atoms with Crippen molar-refractivity contribution in [3.05, 3.63) is 35.9 Å². The van der Waals surface area contributed by atoms with Crippen LogP contribution in [-0.4, -0.2) is 53.5 Å². The van der Waals surface area contributed by atoms with Gasteiger partial charge in [-0.3, -0.25) is 4.90 Å². The van der Waals surface area contributed by atoms with Crippen LogP contribution in [0, 0.1) is 11.8 Å². The molecule has 1 aliphatic heterocycles. The lowest BCUT2D eigenvalue weighted by atomic mass is 9.88. The molecule has 1 saturated carbocycles. The Kier molecular flexibility index (Phi) is 6.06. The molecule has 2 fully saturated rings. The Hall–Kier alpha value is -0.940. The summed E-state index contributed by atoms with van der Waals surface area (Å²) in [5, 5.41) is 23.2. The van der Waals surface area contributed by atoms with E-state index in [0.29, 0.717) is 17.9 Å². The van der Waals surface area contributed by atoms with Crippen molar-refractivity contribution in [3.8, 4) is 0 Å². The van der Waals surface area contributed by atoms with E-state index in [1.807, 2.05) is 6.07 Å². The number of aliphatic hydroxyl groups excluding tert-OH is 2. The summed E-state index contributed by atoms with van der Waals surface area (Å²) in [6.45, 7) is 3.83. The molecule has 23 heavy (non-hydrogen) atoms. The average Bonchev–Trinajstić information content (AvgIpc) is 3.39. The minimum Gasteiger partial charge on any atom is -0.395 e. The minimum absolute atomic E-state index is 0.121. The fourth-order valence-electron chi connectivity index (χ4n) is 3.82. The molecule has 4 heteroatoms. The monoisotopic (exact) mass is 318 g/mol. The zero-order chi connectivity index (χ0) is 16.1. The maximum atomic E-state index is 10.3. The minimum atomic E-state index is -0.121. The van der Waals surface area contributed by atoms with Crippen molar-refractivity contribution >= 4 is 0 Å². The Morgan fingerprint density at radius 1 is 1.17 bits per heavy atom. The molecule has 1 aromatic rings. The number of rotatable bonds is 8. The summed E-state index contributed by atoms with van der Waals surface area (Å²) in [6.07, 6.45) is 4.31. The van der Waals surface area contributed by atoms with E-state index in [-0.39, 0.29) is 12.7 Å². The smallest absolute Gasteiger partial charge is 0.0571 e. The van der Waals surface area contributed by atoms with Gasteiger partial charge in [-0.2, -0.15) is 0 Å². The molecule has 0 amide bonds. The Bertz CT molecular complexity index is 464. The SMILES string of the molecule is OCCN1CC(CC(O)C2CC2)CC(NCc2ccccc2)C1. The molecule has 0 aromatic heterocycles. The van der Waals surface area contributed by atoms with Crippen LogP contribution in [0.4, 0.5) is 0 Å². The van der Waals surface area contributed by atoms with Crippen molar-refractivity contribution in [2.45, 2.75) is 44.4 Å². The molecule has 3 atom stereocenters. The topological polar surface area (TPSA) is 55.7 Å². The highest BCUT2D eigenvalue weighted by Crippen LogP contribution is 2.36. The molecule has 3 unspecified atom stereocenters. The molecular formula is C19H30N2O2. The fraction of sp³-hybridized carbons (Fsp3) is 0.684. The van der Waals surface area contributed by atoms with E-state index >= 15 is 0 Å². The Balaban J connectivity index is 1.52. The first-order valence-corrected chi connectivity index (χ1v) is 9.03. The van der Waals surface area contributed by atoms with Crippen molar-refractivity contribution < 1.29 is 10.2 Å². The number of hydrogen-bond donors (Lipinski definition) is 3. The maximum absolute atomic E-state index is 10.3. The lowest BCUT2D eigenvalue weighted by molar-refractivity contribution is 0.0671. The summed E-state index contributed by atoms with van der Waals surface area (Å²) in [5.41, 5.74) is 1.31. The fourth-order valence-corrected chi connectivity index (χ4v) is 3.82. The largest absolute Gasteiger partial charge is 0.395 e. The maximum Gasteiger partial charge on any atom is 0.0571 e.